The van der Waals surface area contributed by atoms with Crippen molar-refractivity contribution in [3.63, 3.8) is 0 Å². The Balaban J connectivity index is 3.11. The highest BCUT2D eigenvalue weighted by molar-refractivity contribution is 9.10. The summed E-state index contributed by atoms with van der Waals surface area (Å²) in [5, 5.41) is 27.7. The molecule has 0 aromatic heterocycles. The summed E-state index contributed by atoms with van der Waals surface area (Å²) >= 11 is 3.21. The molecule has 6 nitrogen and oxygen atoms in total. The Morgan fingerprint density at radius 3 is 2.25 bits per heavy atom. The van der Waals surface area contributed by atoms with Crippen LogP contribution < -0.4 is 5.73 Å². The van der Waals surface area contributed by atoms with E-state index < -0.39 is 28.8 Å². The number of primary amides is 1. The first-order chi connectivity index (χ1) is 9.36. The van der Waals surface area contributed by atoms with E-state index >= 15 is 0 Å². The third-order valence-electron chi connectivity index (χ3n) is 2.24. The number of carbonyl (C=O) groups excluding carboxylic acids is 2. The number of aliphatic hydroxyl groups excluding tert-OH is 2. The SMILES string of the molecule is N#C/C(C(N)=O)=C(/O)C(=O)/C=C(\O)c1ccc(Br)cc1. The Hall–Kier alpha value is -2.59. The van der Waals surface area contributed by atoms with Gasteiger partial charge in [0.2, 0.25) is 5.78 Å². The molecule has 102 valence electrons. The number of benzene rings is 1. The lowest BCUT2D eigenvalue weighted by atomic mass is 10.1. The lowest BCUT2D eigenvalue weighted by molar-refractivity contribution is -0.116. The smallest absolute Gasteiger partial charge is 0.263 e. The fraction of sp³-hybridized carbons (Fsp3) is 0. The average molecular weight is 337 g/mol. The Labute approximate surface area is 122 Å². The van der Waals surface area contributed by atoms with Crippen molar-refractivity contribution in [2.75, 3.05) is 0 Å². The van der Waals surface area contributed by atoms with Crippen molar-refractivity contribution in [1.29, 1.82) is 5.26 Å². The highest BCUT2D eigenvalue weighted by Crippen LogP contribution is 2.16. The van der Waals surface area contributed by atoms with Gasteiger partial charge in [0.25, 0.3) is 5.91 Å². The highest BCUT2D eigenvalue weighted by atomic mass is 79.9. The van der Waals surface area contributed by atoms with Crippen molar-refractivity contribution in [3.05, 3.63) is 51.7 Å². The van der Waals surface area contributed by atoms with E-state index in [4.69, 9.17) is 11.0 Å². The number of carbonyl (C=O) groups is 2. The molecule has 0 aliphatic rings. The summed E-state index contributed by atoms with van der Waals surface area (Å²) in [5.74, 6) is -3.85. The molecule has 20 heavy (non-hydrogen) atoms. The van der Waals surface area contributed by atoms with Crippen molar-refractivity contribution in [2.24, 2.45) is 5.73 Å². The number of aliphatic hydroxyl groups is 2. The monoisotopic (exact) mass is 336 g/mol. The molecule has 0 spiro atoms. The lowest BCUT2D eigenvalue weighted by Crippen LogP contribution is -2.17. The van der Waals surface area contributed by atoms with Crippen LogP contribution in [0.1, 0.15) is 5.56 Å². The Morgan fingerprint density at radius 2 is 1.80 bits per heavy atom. The number of ketones is 1. The van der Waals surface area contributed by atoms with Crippen LogP contribution in [0.25, 0.3) is 5.76 Å². The van der Waals surface area contributed by atoms with Gasteiger partial charge in [0.15, 0.2) is 11.3 Å². The molecule has 0 unspecified atom stereocenters. The number of amides is 1. The van der Waals surface area contributed by atoms with Gasteiger partial charge in [0.05, 0.1) is 0 Å². The minimum atomic E-state index is -1.23. The summed E-state index contributed by atoms with van der Waals surface area (Å²) in [6.45, 7) is 0. The molecule has 0 aliphatic heterocycles. The van der Waals surface area contributed by atoms with Crippen LogP contribution in [0.15, 0.2) is 46.1 Å². The molecule has 0 fully saturated rings. The molecule has 0 heterocycles. The van der Waals surface area contributed by atoms with E-state index in [1.165, 1.54) is 18.2 Å². The average Bonchev–Trinajstić information content (AvgIpc) is 2.39. The minimum absolute atomic E-state index is 0.326. The molecule has 0 saturated carbocycles. The van der Waals surface area contributed by atoms with Gasteiger partial charge in [-0.2, -0.15) is 5.26 Å². The van der Waals surface area contributed by atoms with E-state index in [0.29, 0.717) is 11.6 Å². The van der Waals surface area contributed by atoms with Crippen LogP contribution in [-0.4, -0.2) is 21.9 Å². The number of nitriles is 1. The number of nitrogens with zero attached hydrogens (tertiary/aromatic N) is 1. The molecule has 1 aromatic carbocycles. The van der Waals surface area contributed by atoms with Crippen molar-refractivity contribution < 1.29 is 19.8 Å². The molecule has 0 aliphatic carbocycles. The van der Waals surface area contributed by atoms with E-state index in [2.05, 4.69) is 15.9 Å². The van der Waals surface area contributed by atoms with Gasteiger partial charge in [-0.3, -0.25) is 9.59 Å². The fourth-order valence-electron chi connectivity index (χ4n) is 1.24. The zero-order valence-electron chi connectivity index (χ0n) is 10.0. The van der Waals surface area contributed by atoms with E-state index in [1.807, 2.05) is 0 Å². The van der Waals surface area contributed by atoms with E-state index in [9.17, 15) is 19.8 Å². The van der Waals surface area contributed by atoms with Crippen LogP contribution in [0, 0.1) is 11.3 Å². The van der Waals surface area contributed by atoms with Gasteiger partial charge in [-0.15, -0.1) is 0 Å². The Bertz CT molecular complexity index is 654. The first-order valence-electron chi connectivity index (χ1n) is 5.21. The van der Waals surface area contributed by atoms with Gasteiger partial charge in [0, 0.05) is 16.1 Å². The predicted octanol–water partition coefficient (Wildman–Crippen LogP) is 1.74. The van der Waals surface area contributed by atoms with Crippen LogP contribution in [0.5, 0.6) is 0 Å². The van der Waals surface area contributed by atoms with Crippen LogP contribution in [0.4, 0.5) is 0 Å². The van der Waals surface area contributed by atoms with Gasteiger partial charge in [-0.1, -0.05) is 28.1 Å². The van der Waals surface area contributed by atoms with Crippen molar-refractivity contribution in [2.45, 2.75) is 0 Å². The summed E-state index contributed by atoms with van der Waals surface area (Å²) in [6.07, 6.45) is 0.693. The zero-order chi connectivity index (χ0) is 15.3. The van der Waals surface area contributed by atoms with Gasteiger partial charge in [0.1, 0.15) is 11.8 Å². The number of nitrogens with two attached hydrogens (primary N) is 1. The van der Waals surface area contributed by atoms with Crippen molar-refractivity contribution in [3.8, 4) is 6.07 Å². The lowest BCUT2D eigenvalue weighted by Gasteiger charge is -2.01. The topological polar surface area (TPSA) is 124 Å². The van der Waals surface area contributed by atoms with Gasteiger partial charge in [-0.05, 0) is 12.1 Å². The van der Waals surface area contributed by atoms with Crippen molar-refractivity contribution in [1.82, 2.24) is 0 Å². The standard InChI is InChI=1S/C13H9BrN2O4/c14-8-3-1-7(2-4-8)10(17)5-11(18)12(19)9(6-15)13(16)20/h1-5,17,19H,(H2,16,20)/b10-5-,12-9-. The molecule has 0 atom stereocenters. The second kappa shape index (κ2) is 6.54. The Kier molecular flexibility index (Phi) is 5.06. The molecule has 0 saturated heterocycles. The molecule has 0 bridgehead atoms. The summed E-state index contributed by atoms with van der Waals surface area (Å²) < 4.78 is 0.781. The van der Waals surface area contributed by atoms with Crippen LogP contribution in [-0.2, 0) is 9.59 Å². The molecule has 4 N–H and O–H groups in total. The number of rotatable bonds is 4. The molecule has 0 radical (unpaired) electrons. The maximum Gasteiger partial charge on any atom is 0.263 e. The van der Waals surface area contributed by atoms with Crippen LogP contribution in [0.3, 0.4) is 0 Å². The normalized spacial score (nSPS) is 12.3. The van der Waals surface area contributed by atoms with Gasteiger partial charge >= 0.3 is 0 Å². The summed E-state index contributed by atoms with van der Waals surface area (Å²) in [6, 6.07) is 7.67. The number of hydrogen-bond acceptors (Lipinski definition) is 5. The highest BCUT2D eigenvalue weighted by Gasteiger charge is 2.17. The molecule has 1 rings (SSSR count). The van der Waals surface area contributed by atoms with Gasteiger partial charge in [-0.25, -0.2) is 0 Å². The summed E-state index contributed by atoms with van der Waals surface area (Å²) in [7, 11) is 0. The fourth-order valence-corrected chi connectivity index (χ4v) is 1.51. The quantitative estimate of drug-likeness (QED) is 0.438. The first kappa shape index (κ1) is 15.5. The van der Waals surface area contributed by atoms with Crippen LogP contribution in [0.2, 0.25) is 0 Å². The molecule has 1 aromatic rings. The second-order valence-corrected chi connectivity index (χ2v) is 4.52. The largest absolute Gasteiger partial charge is 0.507 e. The molecule has 7 heteroatoms. The van der Waals surface area contributed by atoms with Crippen molar-refractivity contribution >= 4 is 33.4 Å². The zero-order valence-corrected chi connectivity index (χ0v) is 11.6. The third-order valence-corrected chi connectivity index (χ3v) is 2.76. The van der Waals surface area contributed by atoms with E-state index in [0.717, 1.165) is 4.47 Å². The number of hydrogen-bond donors (Lipinski definition) is 3. The summed E-state index contributed by atoms with van der Waals surface area (Å²) in [4.78, 5) is 22.4. The molecular weight excluding hydrogens is 328 g/mol. The predicted molar refractivity (Wildman–Crippen MR) is 74.2 cm³/mol. The molecule has 1 amide bonds. The number of allylic oxidation sites excluding steroid dienone is 1. The Morgan fingerprint density at radius 1 is 1.25 bits per heavy atom. The van der Waals surface area contributed by atoms with E-state index in [-0.39, 0.29) is 0 Å². The second-order valence-electron chi connectivity index (χ2n) is 3.60. The van der Waals surface area contributed by atoms with Crippen LogP contribution >= 0.6 is 15.9 Å². The minimum Gasteiger partial charge on any atom is -0.507 e. The summed E-state index contributed by atoms with van der Waals surface area (Å²) in [5.41, 5.74) is 4.28. The first-order valence-corrected chi connectivity index (χ1v) is 6.00. The maximum atomic E-state index is 11.6. The maximum absolute atomic E-state index is 11.6. The third kappa shape index (κ3) is 3.70. The molecular formula is C13H9BrN2O4. The van der Waals surface area contributed by atoms with Gasteiger partial charge < -0.3 is 15.9 Å². The van der Waals surface area contributed by atoms with E-state index in [1.54, 1.807) is 12.1 Å². The number of halogens is 1.